The lowest BCUT2D eigenvalue weighted by atomic mass is 10.2. The Bertz CT molecular complexity index is 562. The summed E-state index contributed by atoms with van der Waals surface area (Å²) < 4.78 is 0. The van der Waals surface area contributed by atoms with E-state index < -0.39 is 0 Å². The number of amidine groups is 1. The summed E-state index contributed by atoms with van der Waals surface area (Å²) in [6.45, 7) is 7.77. The molecular weight excluding hydrogens is 278 g/mol. The molecule has 0 aliphatic carbocycles. The molecule has 0 fully saturated rings. The zero-order chi connectivity index (χ0) is 16.4. The van der Waals surface area contributed by atoms with Gasteiger partial charge < -0.3 is 4.90 Å². The summed E-state index contributed by atoms with van der Waals surface area (Å²) in [5, 5.41) is 7.39. The summed E-state index contributed by atoms with van der Waals surface area (Å²) in [5.41, 5.74) is 6.42. The fourth-order valence-corrected chi connectivity index (χ4v) is 2.11. The Labute approximate surface area is 132 Å². The van der Waals surface area contributed by atoms with Gasteiger partial charge in [-0.15, -0.1) is 10.5 Å². The highest BCUT2D eigenvalue weighted by molar-refractivity contribution is 6.01. The third kappa shape index (κ3) is 3.16. The second-order valence-electron chi connectivity index (χ2n) is 6.12. The minimum absolute atomic E-state index is 0.0136. The fraction of sp³-hybridized carbons (Fsp3) is 0.500. The first kappa shape index (κ1) is 16.1. The number of benzene rings is 1. The molecule has 1 aliphatic rings. The van der Waals surface area contributed by atoms with Crippen molar-refractivity contribution in [1.82, 2.24) is 15.4 Å². The Morgan fingerprint density at radius 3 is 1.95 bits per heavy atom. The molecule has 6 heteroatoms. The average molecular weight is 302 g/mol. The van der Waals surface area contributed by atoms with Gasteiger partial charge in [-0.2, -0.15) is 0 Å². The highest BCUT2D eigenvalue weighted by atomic mass is 16.2. The van der Waals surface area contributed by atoms with Gasteiger partial charge >= 0.3 is 6.03 Å². The molecule has 0 aromatic heterocycles. The third-order valence-corrected chi connectivity index (χ3v) is 3.42. The van der Waals surface area contributed by atoms with Crippen LogP contribution in [-0.4, -0.2) is 48.1 Å². The van der Waals surface area contributed by atoms with Crippen LogP contribution in [-0.2, 0) is 0 Å². The second-order valence-corrected chi connectivity index (χ2v) is 6.12. The van der Waals surface area contributed by atoms with Crippen molar-refractivity contribution < 1.29 is 4.79 Å². The number of carbonyl (C=O) groups excluding carboxylic acids is 1. The summed E-state index contributed by atoms with van der Waals surface area (Å²) in [5.74, 6) is 0.562. The van der Waals surface area contributed by atoms with Crippen LogP contribution in [0.15, 0.2) is 29.4 Å². The highest BCUT2D eigenvalue weighted by Gasteiger charge is 2.33. The third-order valence-electron chi connectivity index (χ3n) is 3.42. The molecule has 0 atom stereocenters. The van der Waals surface area contributed by atoms with Crippen molar-refractivity contribution in [1.29, 1.82) is 0 Å². The van der Waals surface area contributed by atoms with Crippen molar-refractivity contribution >= 4 is 17.6 Å². The monoisotopic (exact) mass is 302 g/mol. The number of anilines is 1. The number of carbonyl (C=O) groups is 1. The van der Waals surface area contributed by atoms with Crippen LogP contribution in [0.25, 0.3) is 0 Å². The summed E-state index contributed by atoms with van der Waals surface area (Å²) in [4.78, 5) is 14.4. The van der Waals surface area contributed by atoms with Gasteiger partial charge in [0, 0.05) is 25.3 Å². The van der Waals surface area contributed by atoms with Crippen LogP contribution in [0.3, 0.4) is 0 Å². The van der Waals surface area contributed by atoms with Crippen molar-refractivity contribution in [3.63, 3.8) is 0 Å². The van der Waals surface area contributed by atoms with E-state index >= 15 is 0 Å². The molecule has 1 heterocycles. The van der Waals surface area contributed by atoms with Crippen LogP contribution in [0, 0.1) is 0 Å². The van der Waals surface area contributed by atoms with Crippen LogP contribution in [0.4, 0.5) is 10.5 Å². The molecule has 0 saturated carbocycles. The molecule has 6 nitrogen and oxygen atoms in total. The van der Waals surface area contributed by atoms with Crippen molar-refractivity contribution in [3.05, 3.63) is 29.8 Å². The van der Waals surface area contributed by atoms with Gasteiger partial charge in [-0.05, 0) is 52.0 Å². The molecule has 0 spiro atoms. The number of rotatable bonds is 4. The zero-order valence-corrected chi connectivity index (χ0v) is 14.1. The van der Waals surface area contributed by atoms with Crippen molar-refractivity contribution in [3.8, 4) is 0 Å². The molecule has 0 saturated heterocycles. The van der Waals surface area contributed by atoms with Gasteiger partial charge in [-0.3, -0.25) is 0 Å². The smallest absolute Gasteiger partial charge is 0.361 e. The predicted molar refractivity (Wildman–Crippen MR) is 88.8 cm³/mol. The van der Waals surface area contributed by atoms with Crippen LogP contribution in [0.2, 0.25) is 0 Å². The van der Waals surface area contributed by atoms with Gasteiger partial charge in [0.15, 0.2) is 5.84 Å². The Morgan fingerprint density at radius 2 is 1.50 bits per heavy atom. The first-order valence-electron chi connectivity index (χ1n) is 7.51. The van der Waals surface area contributed by atoms with Crippen LogP contribution < -0.4 is 10.3 Å². The molecule has 0 bridgehead atoms. The van der Waals surface area contributed by atoms with E-state index in [4.69, 9.17) is 0 Å². The van der Waals surface area contributed by atoms with Crippen LogP contribution in [0.5, 0.6) is 0 Å². The van der Waals surface area contributed by atoms with Crippen LogP contribution >= 0.6 is 0 Å². The Kier molecular flexibility index (Phi) is 4.59. The summed E-state index contributed by atoms with van der Waals surface area (Å²) in [7, 11) is 3.99. The molecule has 0 unspecified atom stereocenters. The SMILES string of the molecule is CC(C)N1[N]C(c2ccc(N(C)C)cc2)=NN(C(C)C)C1=O. The Hall–Kier alpha value is -2.24. The first-order chi connectivity index (χ1) is 10.3. The lowest BCUT2D eigenvalue weighted by molar-refractivity contribution is 0.104. The van der Waals surface area contributed by atoms with Gasteiger partial charge in [-0.1, -0.05) is 0 Å². The first-order valence-corrected chi connectivity index (χ1v) is 7.51. The minimum atomic E-state index is -0.182. The number of hydrogen-bond acceptors (Lipinski definition) is 3. The van der Waals surface area contributed by atoms with Crippen LogP contribution in [0.1, 0.15) is 33.3 Å². The number of hydrazone groups is 1. The van der Waals surface area contributed by atoms with E-state index in [0.29, 0.717) is 5.84 Å². The number of hydrogen-bond donors (Lipinski definition) is 0. The second kappa shape index (κ2) is 6.25. The molecular formula is C16H24N5O. The molecule has 1 aromatic carbocycles. The maximum atomic E-state index is 12.4. The number of nitrogens with zero attached hydrogens (tertiary/aromatic N) is 5. The molecule has 2 amide bonds. The molecule has 2 rings (SSSR count). The van der Waals surface area contributed by atoms with Gasteiger partial charge in [-0.25, -0.2) is 14.8 Å². The van der Waals surface area contributed by atoms with E-state index in [1.165, 1.54) is 10.0 Å². The Morgan fingerprint density at radius 1 is 0.955 bits per heavy atom. The zero-order valence-electron chi connectivity index (χ0n) is 14.1. The van der Waals surface area contributed by atoms with E-state index in [0.717, 1.165) is 11.3 Å². The average Bonchev–Trinajstić information content (AvgIpc) is 2.47. The summed E-state index contributed by atoms with van der Waals surface area (Å²) in [6.07, 6.45) is 0. The topological polar surface area (TPSA) is 53.3 Å². The minimum Gasteiger partial charge on any atom is -0.378 e. The quantitative estimate of drug-likeness (QED) is 0.858. The van der Waals surface area contributed by atoms with Gasteiger partial charge in [0.2, 0.25) is 0 Å². The number of amides is 2. The fourth-order valence-electron chi connectivity index (χ4n) is 2.11. The van der Waals surface area contributed by atoms with Gasteiger partial charge in [0.25, 0.3) is 0 Å². The lowest BCUT2D eigenvalue weighted by Crippen LogP contribution is -2.56. The lowest BCUT2D eigenvalue weighted by Gasteiger charge is -2.35. The standard InChI is InChI=1S/C16H24N5O/c1-11(2)20-16(22)21(12(3)4)18-15(17-20)13-7-9-14(10-8-13)19(5)6/h7-12H,1-6H3. The molecule has 1 aromatic rings. The maximum Gasteiger partial charge on any atom is 0.361 e. The molecule has 1 aliphatic heterocycles. The van der Waals surface area contributed by atoms with E-state index in [2.05, 4.69) is 10.5 Å². The van der Waals surface area contributed by atoms with E-state index in [-0.39, 0.29) is 18.1 Å². The molecule has 1 radical (unpaired) electrons. The molecule has 119 valence electrons. The summed E-state index contributed by atoms with van der Waals surface area (Å²) >= 11 is 0. The normalized spacial score (nSPS) is 15.3. The largest absolute Gasteiger partial charge is 0.378 e. The number of urea groups is 1. The Balaban J connectivity index is 2.35. The molecule has 22 heavy (non-hydrogen) atoms. The van der Waals surface area contributed by atoms with Gasteiger partial charge in [0.1, 0.15) is 0 Å². The van der Waals surface area contributed by atoms with Crippen molar-refractivity contribution in [2.45, 2.75) is 39.8 Å². The van der Waals surface area contributed by atoms with Crippen molar-refractivity contribution in [2.75, 3.05) is 19.0 Å². The predicted octanol–water partition coefficient (Wildman–Crippen LogP) is 2.49. The molecule has 0 N–H and O–H groups in total. The van der Waals surface area contributed by atoms with E-state index in [1.54, 1.807) is 0 Å². The van der Waals surface area contributed by atoms with Crippen molar-refractivity contribution in [2.24, 2.45) is 5.10 Å². The van der Waals surface area contributed by atoms with Gasteiger partial charge in [0.05, 0.1) is 12.1 Å². The maximum absolute atomic E-state index is 12.4. The highest BCUT2D eigenvalue weighted by Crippen LogP contribution is 2.18. The van der Waals surface area contributed by atoms with E-state index in [1.807, 2.05) is 71.0 Å². The summed E-state index contributed by atoms with van der Waals surface area (Å²) in [6, 6.07) is 7.78. The van der Waals surface area contributed by atoms with E-state index in [9.17, 15) is 4.79 Å².